The SMILES string of the molecule is CC(CNC(=O)NC1CCC(C(=O)O)CC1)N1CCc2ccccc21. The fourth-order valence-corrected chi connectivity index (χ4v) is 3.89. The van der Waals surface area contributed by atoms with E-state index in [-0.39, 0.29) is 24.0 Å². The molecule has 0 aromatic heterocycles. The number of nitrogens with one attached hydrogen (secondary N) is 2. The number of hydrogen-bond donors (Lipinski definition) is 3. The lowest BCUT2D eigenvalue weighted by molar-refractivity contribution is -0.142. The van der Waals surface area contributed by atoms with Gasteiger partial charge in [0.05, 0.1) is 5.92 Å². The van der Waals surface area contributed by atoms with Crippen LogP contribution in [-0.4, -0.2) is 42.3 Å². The lowest BCUT2D eigenvalue weighted by atomic mass is 9.86. The van der Waals surface area contributed by atoms with Gasteiger partial charge in [-0.3, -0.25) is 4.79 Å². The lowest BCUT2D eigenvalue weighted by Gasteiger charge is -2.29. The van der Waals surface area contributed by atoms with Crippen molar-refractivity contribution in [1.29, 1.82) is 0 Å². The third-order valence-electron chi connectivity index (χ3n) is 5.42. The van der Waals surface area contributed by atoms with Gasteiger partial charge < -0.3 is 20.6 Å². The summed E-state index contributed by atoms with van der Waals surface area (Å²) < 4.78 is 0. The smallest absolute Gasteiger partial charge is 0.315 e. The number of amides is 2. The number of carboxylic acid groups (broad SMARTS) is 1. The molecule has 1 fully saturated rings. The van der Waals surface area contributed by atoms with Crippen LogP contribution in [0.15, 0.2) is 24.3 Å². The molecule has 6 heteroatoms. The minimum atomic E-state index is -0.720. The number of rotatable bonds is 5. The standard InChI is InChI=1S/C19H27N3O3/c1-13(22-11-10-14-4-2-3-5-17(14)22)12-20-19(25)21-16-8-6-15(7-9-16)18(23)24/h2-5,13,15-16H,6-12H2,1H3,(H,23,24)(H2,20,21,25). The van der Waals surface area contributed by atoms with Gasteiger partial charge in [-0.1, -0.05) is 18.2 Å². The van der Waals surface area contributed by atoms with Gasteiger partial charge in [0.1, 0.15) is 0 Å². The third-order valence-corrected chi connectivity index (χ3v) is 5.42. The van der Waals surface area contributed by atoms with Crippen molar-refractivity contribution in [2.24, 2.45) is 5.92 Å². The van der Waals surface area contributed by atoms with Crippen molar-refractivity contribution in [1.82, 2.24) is 10.6 Å². The number of carbonyl (C=O) groups is 2. The number of nitrogens with zero attached hydrogens (tertiary/aromatic N) is 1. The van der Waals surface area contributed by atoms with Crippen LogP contribution in [-0.2, 0) is 11.2 Å². The topological polar surface area (TPSA) is 81.7 Å². The second kappa shape index (κ2) is 7.76. The summed E-state index contributed by atoms with van der Waals surface area (Å²) in [5.74, 6) is -0.973. The summed E-state index contributed by atoms with van der Waals surface area (Å²) in [6.45, 7) is 3.70. The van der Waals surface area contributed by atoms with Crippen molar-refractivity contribution in [3.05, 3.63) is 29.8 Å². The molecule has 1 unspecified atom stereocenters. The summed E-state index contributed by atoms with van der Waals surface area (Å²) >= 11 is 0. The Morgan fingerprint density at radius 3 is 2.68 bits per heavy atom. The third kappa shape index (κ3) is 4.24. The molecule has 0 radical (unpaired) electrons. The van der Waals surface area contributed by atoms with E-state index in [4.69, 9.17) is 5.11 Å². The molecule has 2 amide bonds. The normalized spacial score (nSPS) is 23.6. The van der Waals surface area contributed by atoms with Gasteiger partial charge in [-0.15, -0.1) is 0 Å². The van der Waals surface area contributed by atoms with E-state index in [1.54, 1.807) is 0 Å². The monoisotopic (exact) mass is 345 g/mol. The molecule has 1 aromatic carbocycles. The Balaban J connectivity index is 1.42. The Morgan fingerprint density at radius 2 is 1.96 bits per heavy atom. The van der Waals surface area contributed by atoms with E-state index >= 15 is 0 Å². The summed E-state index contributed by atoms with van der Waals surface area (Å²) in [4.78, 5) is 25.4. The molecule has 1 heterocycles. The van der Waals surface area contributed by atoms with E-state index in [2.05, 4.69) is 46.7 Å². The number of hydrogen-bond acceptors (Lipinski definition) is 3. The summed E-state index contributed by atoms with van der Waals surface area (Å²) in [5, 5.41) is 15.0. The van der Waals surface area contributed by atoms with Gasteiger partial charge in [0.25, 0.3) is 0 Å². The molecule has 136 valence electrons. The van der Waals surface area contributed by atoms with Crippen LogP contribution >= 0.6 is 0 Å². The number of para-hydroxylation sites is 1. The van der Waals surface area contributed by atoms with Crippen LogP contribution in [0.3, 0.4) is 0 Å². The highest BCUT2D eigenvalue weighted by Gasteiger charge is 2.27. The molecule has 0 spiro atoms. The van der Waals surface area contributed by atoms with E-state index in [1.165, 1.54) is 11.3 Å². The first-order valence-corrected chi connectivity index (χ1v) is 9.16. The number of carbonyl (C=O) groups excluding carboxylic acids is 1. The summed E-state index contributed by atoms with van der Waals surface area (Å²) in [5.41, 5.74) is 2.64. The quantitative estimate of drug-likeness (QED) is 0.765. The molecule has 1 aliphatic carbocycles. The van der Waals surface area contributed by atoms with E-state index in [9.17, 15) is 9.59 Å². The molecule has 2 aliphatic rings. The number of urea groups is 1. The Morgan fingerprint density at radius 1 is 1.24 bits per heavy atom. The molecule has 0 bridgehead atoms. The first kappa shape index (κ1) is 17.6. The lowest BCUT2D eigenvalue weighted by Crippen LogP contribution is -2.48. The second-order valence-corrected chi connectivity index (χ2v) is 7.16. The van der Waals surface area contributed by atoms with Crippen LogP contribution in [0.5, 0.6) is 0 Å². The fourth-order valence-electron chi connectivity index (χ4n) is 3.89. The zero-order valence-corrected chi connectivity index (χ0v) is 14.7. The predicted octanol–water partition coefficient (Wildman–Crippen LogP) is 2.38. The van der Waals surface area contributed by atoms with Crippen LogP contribution in [0.25, 0.3) is 0 Å². The summed E-state index contributed by atoms with van der Waals surface area (Å²) in [6, 6.07) is 8.58. The van der Waals surface area contributed by atoms with Crippen LogP contribution in [0.1, 0.15) is 38.2 Å². The van der Waals surface area contributed by atoms with Crippen molar-refractivity contribution in [2.45, 2.75) is 51.1 Å². The maximum Gasteiger partial charge on any atom is 0.315 e. The van der Waals surface area contributed by atoms with Gasteiger partial charge in [0.2, 0.25) is 0 Å². The van der Waals surface area contributed by atoms with Gasteiger partial charge in [-0.2, -0.15) is 0 Å². The van der Waals surface area contributed by atoms with Crippen molar-refractivity contribution >= 4 is 17.7 Å². The highest BCUT2D eigenvalue weighted by Crippen LogP contribution is 2.29. The largest absolute Gasteiger partial charge is 0.481 e. The highest BCUT2D eigenvalue weighted by molar-refractivity contribution is 5.74. The molecular weight excluding hydrogens is 318 g/mol. The molecule has 1 aromatic rings. The Hall–Kier alpha value is -2.24. The van der Waals surface area contributed by atoms with E-state index < -0.39 is 5.97 Å². The number of benzene rings is 1. The first-order chi connectivity index (χ1) is 12.0. The molecule has 0 saturated heterocycles. The van der Waals surface area contributed by atoms with Gasteiger partial charge >= 0.3 is 12.0 Å². The van der Waals surface area contributed by atoms with Crippen LogP contribution in [0.4, 0.5) is 10.5 Å². The van der Waals surface area contributed by atoms with Crippen molar-refractivity contribution < 1.29 is 14.7 Å². The molecule has 3 N–H and O–H groups in total. The number of aliphatic carboxylic acids is 1. The fraction of sp³-hybridized carbons (Fsp3) is 0.579. The van der Waals surface area contributed by atoms with Crippen molar-refractivity contribution in [3.8, 4) is 0 Å². The average Bonchev–Trinajstić information content (AvgIpc) is 3.04. The zero-order valence-electron chi connectivity index (χ0n) is 14.7. The number of anilines is 1. The van der Waals surface area contributed by atoms with E-state index in [0.29, 0.717) is 19.4 Å². The van der Waals surface area contributed by atoms with Crippen molar-refractivity contribution in [2.75, 3.05) is 18.0 Å². The Bertz CT molecular complexity index is 626. The summed E-state index contributed by atoms with van der Waals surface area (Å²) in [7, 11) is 0. The van der Waals surface area contributed by atoms with Gasteiger partial charge in [-0.25, -0.2) is 4.79 Å². The van der Waals surface area contributed by atoms with Crippen LogP contribution < -0.4 is 15.5 Å². The predicted molar refractivity (Wildman–Crippen MR) is 96.9 cm³/mol. The van der Waals surface area contributed by atoms with E-state index in [0.717, 1.165) is 25.8 Å². The van der Waals surface area contributed by atoms with Gasteiger partial charge in [0.15, 0.2) is 0 Å². The Kier molecular flexibility index (Phi) is 5.46. The highest BCUT2D eigenvalue weighted by atomic mass is 16.4. The van der Waals surface area contributed by atoms with Gasteiger partial charge in [0, 0.05) is 30.9 Å². The minimum Gasteiger partial charge on any atom is -0.481 e. The molecular formula is C19H27N3O3. The molecule has 25 heavy (non-hydrogen) atoms. The molecule has 1 aliphatic heterocycles. The summed E-state index contributed by atoms with van der Waals surface area (Å²) in [6.07, 6.45) is 3.81. The Labute approximate surface area is 148 Å². The average molecular weight is 345 g/mol. The van der Waals surface area contributed by atoms with Crippen LogP contribution in [0, 0.1) is 5.92 Å². The number of carboxylic acids is 1. The maximum absolute atomic E-state index is 12.1. The maximum atomic E-state index is 12.1. The van der Waals surface area contributed by atoms with E-state index in [1.807, 2.05) is 0 Å². The second-order valence-electron chi connectivity index (χ2n) is 7.16. The molecule has 1 saturated carbocycles. The molecule has 1 atom stereocenters. The number of fused-ring (bicyclic) bond motifs is 1. The van der Waals surface area contributed by atoms with Gasteiger partial charge in [-0.05, 0) is 50.7 Å². The molecule has 3 rings (SSSR count). The zero-order chi connectivity index (χ0) is 17.8. The van der Waals surface area contributed by atoms with Crippen molar-refractivity contribution in [3.63, 3.8) is 0 Å². The van der Waals surface area contributed by atoms with Crippen LogP contribution in [0.2, 0.25) is 0 Å². The first-order valence-electron chi connectivity index (χ1n) is 9.16. The molecule has 6 nitrogen and oxygen atoms in total. The minimum absolute atomic E-state index is 0.0819.